The summed E-state index contributed by atoms with van der Waals surface area (Å²) in [6.07, 6.45) is 0. The summed E-state index contributed by atoms with van der Waals surface area (Å²) in [6, 6.07) is 14.6. The van der Waals surface area contributed by atoms with Crippen molar-refractivity contribution in [3.05, 3.63) is 74.6 Å². The fourth-order valence-electron chi connectivity index (χ4n) is 3.20. The smallest absolute Gasteiger partial charge is 0.349 e. The molecule has 7 heteroatoms. The molecule has 1 aliphatic heterocycles. The van der Waals surface area contributed by atoms with Crippen LogP contribution >= 0.6 is 27.7 Å². The summed E-state index contributed by atoms with van der Waals surface area (Å²) in [4.78, 5) is 27.3. The lowest BCUT2D eigenvalue weighted by molar-refractivity contribution is 0.0755. The summed E-state index contributed by atoms with van der Waals surface area (Å²) in [5.41, 5.74) is 0.800. The zero-order valence-corrected chi connectivity index (χ0v) is 16.9. The Bertz CT molecular complexity index is 1080. The van der Waals surface area contributed by atoms with Crippen molar-refractivity contribution in [3.63, 3.8) is 0 Å². The van der Waals surface area contributed by atoms with E-state index in [1.165, 1.54) is 0 Å². The monoisotopic (exact) mass is 445 g/mol. The van der Waals surface area contributed by atoms with Gasteiger partial charge in [-0.2, -0.15) is 0 Å². The second-order valence-electron chi connectivity index (χ2n) is 6.09. The standard InChI is InChI=1S/C20H16BrNO4S/c1-25-17-5-3-2-4-14(17)19-22(8-9-27-19)18(23)15-11-12-10-13(21)6-7-16(12)26-20(15)24/h2-7,10-11,19H,8-9H2,1H3. The van der Waals surface area contributed by atoms with Crippen molar-refractivity contribution in [2.75, 3.05) is 19.4 Å². The number of carbonyl (C=O) groups excluding carboxylic acids is 1. The second kappa shape index (κ2) is 7.40. The minimum atomic E-state index is -0.620. The van der Waals surface area contributed by atoms with Gasteiger partial charge in [-0.1, -0.05) is 34.1 Å². The van der Waals surface area contributed by atoms with Crippen molar-refractivity contribution in [1.29, 1.82) is 0 Å². The number of ether oxygens (including phenoxy) is 1. The molecule has 1 amide bonds. The van der Waals surface area contributed by atoms with E-state index in [0.717, 1.165) is 21.5 Å². The van der Waals surface area contributed by atoms with Crippen molar-refractivity contribution < 1.29 is 13.9 Å². The molecule has 4 rings (SSSR count). The highest BCUT2D eigenvalue weighted by atomic mass is 79.9. The van der Waals surface area contributed by atoms with Crippen LogP contribution in [0.3, 0.4) is 0 Å². The topological polar surface area (TPSA) is 59.8 Å². The maximum Gasteiger partial charge on any atom is 0.349 e. The quantitative estimate of drug-likeness (QED) is 0.557. The van der Waals surface area contributed by atoms with Crippen LogP contribution in [0.4, 0.5) is 0 Å². The van der Waals surface area contributed by atoms with Crippen LogP contribution in [0.1, 0.15) is 21.3 Å². The van der Waals surface area contributed by atoms with Gasteiger partial charge < -0.3 is 14.1 Å². The van der Waals surface area contributed by atoms with Gasteiger partial charge in [0.15, 0.2) is 0 Å². The Morgan fingerprint density at radius 3 is 2.89 bits per heavy atom. The number of carbonyl (C=O) groups is 1. The van der Waals surface area contributed by atoms with E-state index in [0.29, 0.717) is 17.5 Å². The lowest BCUT2D eigenvalue weighted by atomic mass is 10.1. The summed E-state index contributed by atoms with van der Waals surface area (Å²) in [6.45, 7) is 0.558. The molecule has 1 atom stereocenters. The maximum absolute atomic E-state index is 13.2. The SMILES string of the molecule is COc1ccccc1C1SCCN1C(=O)c1cc2cc(Br)ccc2oc1=O. The van der Waals surface area contributed by atoms with Gasteiger partial charge >= 0.3 is 5.63 Å². The first-order valence-corrected chi connectivity index (χ1v) is 10.2. The molecule has 1 fully saturated rings. The molecule has 0 spiro atoms. The number of hydrogen-bond acceptors (Lipinski definition) is 5. The molecule has 2 aromatic carbocycles. The Morgan fingerprint density at radius 2 is 2.07 bits per heavy atom. The number of methoxy groups -OCH3 is 1. The van der Waals surface area contributed by atoms with E-state index in [9.17, 15) is 9.59 Å². The minimum absolute atomic E-state index is 0.0444. The van der Waals surface area contributed by atoms with E-state index in [4.69, 9.17) is 9.15 Å². The van der Waals surface area contributed by atoms with Gasteiger partial charge in [0.1, 0.15) is 22.3 Å². The number of para-hydroxylation sites is 1. The van der Waals surface area contributed by atoms with Crippen LogP contribution in [-0.4, -0.2) is 30.2 Å². The number of hydrogen-bond donors (Lipinski definition) is 0. The van der Waals surface area contributed by atoms with Gasteiger partial charge in [-0.05, 0) is 30.3 Å². The molecule has 0 bridgehead atoms. The first-order valence-electron chi connectivity index (χ1n) is 8.37. The number of halogens is 1. The van der Waals surface area contributed by atoms with Crippen LogP contribution in [0.25, 0.3) is 11.0 Å². The molecule has 1 aliphatic rings. The number of fused-ring (bicyclic) bond motifs is 1. The zero-order chi connectivity index (χ0) is 19.0. The molecule has 3 aromatic rings. The third-order valence-corrected chi connectivity index (χ3v) is 6.22. The molecule has 0 radical (unpaired) electrons. The summed E-state index contributed by atoms with van der Waals surface area (Å²) in [5, 5.41) is 0.499. The van der Waals surface area contributed by atoms with E-state index >= 15 is 0 Å². The predicted molar refractivity (Wildman–Crippen MR) is 109 cm³/mol. The molecule has 0 saturated carbocycles. The molecule has 27 heavy (non-hydrogen) atoms. The Balaban J connectivity index is 1.74. The molecular weight excluding hydrogens is 430 g/mol. The number of rotatable bonds is 3. The molecule has 0 aliphatic carbocycles. The van der Waals surface area contributed by atoms with Crippen LogP contribution in [-0.2, 0) is 0 Å². The van der Waals surface area contributed by atoms with Gasteiger partial charge in [0.2, 0.25) is 0 Å². The van der Waals surface area contributed by atoms with Gasteiger partial charge in [0.05, 0.1) is 7.11 Å². The van der Waals surface area contributed by atoms with Crippen molar-refractivity contribution in [2.45, 2.75) is 5.37 Å². The zero-order valence-electron chi connectivity index (χ0n) is 14.5. The number of benzene rings is 2. The van der Waals surface area contributed by atoms with Crippen LogP contribution in [0.15, 0.2) is 62.2 Å². The summed E-state index contributed by atoms with van der Waals surface area (Å²) in [7, 11) is 1.61. The Kier molecular flexibility index (Phi) is 4.97. The first-order chi connectivity index (χ1) is 13.1. The number of amides is 1. The van der Waals surface area contributed by atoms with E-state index < -0.39 is 5.63 Å². The largest absolute Gasteiger partial charge is 0.496 e. The van der Waals surface area contributed by atoms with E-state index in [1.807, 2.05) is 30.3 Å². The Morgan fingerprint density at radius 1 is 1.26 bits per heavy atom. The summed E-state index contributed by atoms with van der Waals surface area (Å²) < 4.78 is 11.7. The molecular formula is C20H16BrNO4S. The normalized spacial score (nSPS) is 16.7. The molecule has 0 N–H and O–H groups in total. The molecule has 1 saturated heterocycles. The highest BCUT2D eigenvalue weighted by Gasteiger charge is 2.34. The molecule has 1 aromatic heterocycles. The molecule has 2 heterocycles. The lowest BCUT2D eigenvalue weighted by Crippen LogP contribution is -2.33. The van der Waals surface area contributed by atoms with Crippen molar-refractivity contribution in [1.82, 2.24) is 4.90 Å². The predicted octanol–water partition coefficient (Wildman–Crippen LogP) is 4.45. The van der Waals surface area contributed by atoms with Crippen molar-refractivity contribution in [3.8, 4) is 5.75 Å². The second-order valence-corrected chi connectivity index (χ2v) is 8.20. The van der Waals surface area contributed by atoms with Crippen LogP contribution < -0.4 is 10.4 Å². The molecule has 138 valence electrons. The highest BCUT2D eigenvalue weighted by Crippen LogP contribution is 2.42. The van der Waals surface area contributed by atoms with Gasteiger partial charge in [0.25, 0.3) is 5.91 Å². The molecule has 1 unspecified atom stereocenters. The Labute approximate surface area is 168 Å². The van der Waals surface area contributed by atoms with Crippen molar-refractivity contribution in [2.24, 2.45) is 0 Å². The van der Waals surface area contributed by atoms with Gasteiger partial charge in [-0.3, -0.25) is 4.79 Å². The van der Waals surface area contributed by atoms with Gasteiger partial charge in [0, 0.05) is 27.7 Å². The summed E-state index contributed by atoms with van der Waals surface area (Å²) >= 11 is 5.06. The fraction of sp³-hybridized carbons (Fsp3) is 0.200. The maximum atomic E-state index is 13.2. The van der Waals surface area contributed by atoms with Crippen LogP contribution in [0, 0.1) is 0 Å². The van der Waals surface area contributed by atoms with Gasteiger partial charge in [-0.25, -0.2) is 4.79 Å². The fourth-order valence-corrected chi connectivity index (χ4v) is 4.86. The van der Waals surface area contributed by atoms with E-state index in [2.05, 4.69) is 15.9 Å². The average molecular weight is 446 g/mol. The molecule has 5 nitrogen and oxygen atoms in total. The highest BCUT2D eigenvalue weighted by molar-refractivity contribution is 9.10. The number of thioether (sulfide) groups is 1. The third kappa shape index (κ3) is 3.37. The number of nitrogens with zero attached hydrogens (tertiary/aromatic N) is 1. The minimum Gasteiger partial charge on any atom is -0.496 e. The third-order valence-electron chi connectivity index (χ3n) is 4.48. The first kappa shape index (κ1) is 18.1. The van der Waals surface area contributed by atoms with Crippen LogP contribution in [0.2, 0.25) is 0 Å². The van der Waals surface area contributed by atoms with Gasteiger partial charge in [-0.15, -0.1) is 11.8 Å². The summed E-state index contributed by atoms with van der Waals surface area (Å²) in [5.74, 6) is 1.19. The van der Waals surface area contributed by atoms with E-state index in [-0.39, 0.29) is 16.8 Å². The van der Waals surface area contributed by atoms with E-state index in [1.54, 1.807) is 42.0 Å². The lowest BCUT2D eigenvalue weighted by Gasteiger charge is -2.25. The van der Waals surface area contributed by atoms with Crippen molar-refractivity contribution >= 4 is 44.6 Å². The van der Waals surface area contributed by atoms with Crippen LogP contribution in [0.5, 0.6) is 5.75 Å². The average Bonchev–Trinajstić information content (AvgIpc) is 3.16. The Hall–Kier alpha value is -2.25.